The Morgan fingerprint density at radius 2 is 2.20 bits per heavy atom. The predicted molar refractivity (Wildman–Crippen MR) is 110 cm³/mol. The minimum atomic E-state index is -0.922. The summed E-state index contributed by atoms with van der Waals surface area (Å²) < 4.78 is 10.8. The maximum atomic E-state index is 13.1. The number of carbonyl (C=O) groups excluding carboxylic acids is 2. The molecule has 0 aliphatic carbocycles. The molecule has 0 saturated carbocycles. The van der Waals surface area contributed by atoms with Gasteiger partial charge in [-0.25, -0.2) is 0 Å². The summed E-state index contributed by atoms with van der Waals surface area (Å²) in [6, 6.07) is 9.06. The lowest BCUT2D eigenvalue weighted by atomic mass is 9.95. The zero-order valence-electron chi connectivity index (χ0n) is 15.9. The molecule has 0 saturated heterocycles. The summed E-state index contributed by atoms with van der Waals surface area (Å²) >= 11 is 1.18. The van der Waals surface area contributed by atoms with Gasteiger partial charge in [-0.15, -0.1) is 10.2 Å². The van der Waals surface area contributed by atoms with Crippen LogP contribution in [0.3, 0.4) is 0 Å². The van der Waals surface area contributed by atoms with Crippen molar-refractivity contribution in [1.29, 1.82) is 0 Å². The molecule has 1 aromatic carbocycles. The van der Waals surface area contributed by atoms with E-state index in [2.05, 4.69) is 16.8 Å². The number of aryl methyl sites for hydroxylation is 1. The van der Waals surface area contributed by atoms with Crippen LogP contribution in [0.4, 0.5) is 5.13 Å². The highest BCUT2D eigenvalue weighted by molar-refractivity contribution is 7.15. The largest absolute Gasteiger partial charge is 0.503 e. The van der Waals surface area contributed by atoms with Crippen molar-refractivity contribution in [2.24, 2.45) is 0 Å². The lowest BCUT2D eigenvalue weighted by molar-refractivity contribution is -0.117. The van der Waals surface area contributed by atoms with Crippen LogP contribution in [0.15, 0.2) is 71.1 Å². The maximum Gasteiger partial charge on any atom is 0.296 e. The third kappa shape index (κ3) is 3.39. The first-order valence-corrected chi connectivity index (χ1v) is 9.81. The zero-order chi connectivity index (χ0) is 21.3. The molecule has 1 unspecified atom stereocenters. The van der Waals surface area contributed by atoms with E-state index in [9.17, 15) is 14.7 Å². The Bertz CT molecular complexity index is 1150. The zero-order valence-corrected chi connectivity index (χ0v) is 16.8. The first kappa shape index (κ1) is 19.6. The van der Waals surface area contributed by atoms with E-state index in [0.717, 1.165) is 0 Å². The number of benzene rings is 1. The minimum absolute atomic E-state index is 0.0173. The van der Waals surface area contributed by atoms with Crippen LogP contribution in [-0.4, -0.2) is 33.6 Å². The van der Waals surface area contributed by atoms with Gasteiger partial charge in [0.15, 0.2) is 11.5 Å². The van der Waals surface area contributed by atoms with E-state index in [-0.39, 0.29) is 16.5 Å². The lowest BCUT2D eigenvalue weighted by Gasteiger charge is -2.24. The number of rotatable bonds is 7. The van der Waals surface area contributed by atoms with E-state index in [4.69, 9.17) is 9.15 Å². The first-order valence-electron chi connectivity index (χ1n) is 9.00. The van der Waals surface area contributed by atoms with E-state index in [1.165, 1.54) is 28.6 Å². The fourth-order valence-corrected chi connectivity index (χ4v) is 3.92. The van der Waals surface area contributed by atoms with Crippen molar-refractivity contribution in [1.82, 2.24) is 10.2 Å². The van der Waals surface area contributed by atoms with E-state index in [0.29, 0.717) is 22.9 Å². The van der Waals surface area contributed by atoms with Gasteiger partial charge in [0.25, 0.3) is 5.91 Å². The molecule has 3 heterocycles. The quantitative estimate of drug-likeness (QED) is 0.455. The number of ketones is 1. The molecule has 8 nitrogen and oxygen atoms in total. The van der Waals surface area contributed by atoms with Crippen molar-refractivity contribution in [3.63, 3.8) is 0 Å². The van der Waals surface area contributed by atoms with Crippen LogP contribution < -0.4 is 9.64 Å². The van der Waals surface area contributed by atoms with E-state index >= 15 is 0 Å². The standard InChI is InChI=1S/C21H17N3O5S/c1-3-9-28-14-7-4-6-13(11-14)17-16(18(25)15-8-5-10-29-15)19(26)20(27)24(17)21-23-22-12(2)30-21/h3-8,10-11,17,26H,1,9H2,2H3. The topological polar surface area (TPSA) is 106 Å². The molecule has 30 heavy (non-hydrogen) atoms. The fraction of sp³-hybridized carbons (Fsp3) is 0.143. The third-order valence-electron chi connectivity index (χ3n) is 4.46. The van der Waals surface area contributed by atoms with Crippen LogP contribution in [0.25, 0.3) is 0 Å². The molecular weight excluding hydrogens is 406 g/mol. The summed E-state index contributed by atoms with van der Waals surface area (Å²) in [5.41, 5.74) is 0.473. The average molecular weight is 423 g/mol. The molecule has 0 fully saturated rings. The number of aliphatic hydroxyl groups is 1. The second-order valence-electron chi connectivity index (χ2n) is 6.42. The van der Waals surface area contributed by atoms with Gasteiger partial charge in [0.1, 0.15) is 17.4 Å². The number of furan rings is 1. The summed E-state index contributed by atoms with van der Waals surface area (Å²) in [4.78, 5) is 27.4. The van der Waals surface area contributed by atoms with Crippen molar-refractivity contribution in [2.45, 2.75) is 13.0 Å². The van der Waals surface area contributed by atoms with Gasteiger partial charge in [-0.2, -0.15) is 0 Å². The SMILES string of the molecule is C=CCOc1cccc(C2C(C(=O)c3ccco3)=C(O)C(=O)N2c2nnc(C)s2)c1. The van der Waals surface area contributed by atoms with E-state index in [1.807, 2.05) is 0 Å². The highest BCUT2D eigenvalue weighted by Gasteiger charge is 2.46. The molecule has 0 bridgehead atoms. The van der Waals surface area contributed by atoms with Gasteiger partial charge in [-0.1, -0.05) is 36.1 Å². The average Bonchev–Trinajstić information content (AvgIpc) is 3.47. The highest BCUT2D eigenvalue weighted by atomic mass is 32.1. The molecule has 1 atom stereocenters. The Labute approximate surface area is 175 Å². The first-order chi connectivity index (χ1) is 14.5. The number of aromatic nitrogens is 2. The molecule has 3 aromatic rings. The van der Waals surface area contributed by atoms with Gasteiger partial charge in [0, 0.05) is 0 Å². The minimum Gasteiger partial charge on any atom is -0.503 e. The molecular formula is C21H17N3O5S. The summed E-state index contributed by atoms with van der Waals surface area (Å²) in [5.74, 6) is -1.42. The van der Waals surface area contributed by atoms with Gasteiger partial charge >= 0.3 is 0 Å². The molecule has 4 rings (SSSR count). The molecule has 1 aliphatic rings. The maximum absolute atomic E-state index is 13.1. The molecule has 1 N–H and O–H groups in total. The van der Waals surface area contributed by atoms with Gasteiger partial charge < -0.3 is 14.3 Å². The number of ether oxygens (including phenoxy) is 1. The lowest BCUT2D eigenvalue weighted by Crippen LogP contribution is -2.31. The monoisotopic (exact) mass is 423 g/mol. The molecule has 1 amide bonds. The number of anilines is 1. The normalized spacial score (nSPS) is 16.2. The van der Waals surface area contributed by atoms with E-state index < -0.39 is 23.5 Å². The molecule has 2 aromatic heterocycles. The Hall–Kier alpha value is -3.72. The highest BCUT2D eigenvalue weighted by Crippen LogP contribution is 2.43. The smallest absolute Gasteiger partial charge is 0.296 e. The second-order valence-corrected chi connectivity index (χ2v) is 7.58. The van der Waals surface area contributed by atoms with Crippen molar-refractivity contribution in [2.75, 3.05) is 11.5 Å². The Kier molecular flexibility index (Phi) is 5.20. The number of Topliss-reactive ketones (excluding diaryl/α,β-unsaturated/α-hetero) is 1. The summed E-state index contributed by atoms with van der Waals surface area (Å²) in [6.07, 6.45) is 2.96. The molecule has 1 aliphatic heterocycles. The molecule has 0 spiro atoms. The van der Waals surface area contributed by atoms with Gasteiger partial charge in [0.05, 0.1) is 17.9 Å². The van der Waals surface area contributed by atoms with Crippen molar-refractivity contribution >= 4 is 28.2 Å². The van der Waals surface area contributed by atoms with Gasteiger partial charge in [0.2, 0.25) is 10.9 Å². The molecule has 152 valence electrons. The van der Waals surface area contributed by atoms with Gasteiger partial charge in [-0.05, 0) is 36.8 Å². The summed E-state index contributed by atoms with van der Waals surface area (Å²) in [7, 11) is 0. The summed E-state index contributed by atoms with van der Waals surface area (Å²) in [6.45, 7) is 5.68. The van der Waals surface area contributed by atoms with Crippen LogP contribution in [0.2, 0.25) is 0 Å². The van der Waals surface area contributed by atoms with E-state index in [1.54, 1.807) is 43.3 Å². The number of hydrogen-bond donors (Lipinski definition) is 1. The predicted octanol–water partition coefficient (Wildman–Crippen LogP) is 3.79. The van der Waals surface area contributed by atoms with Gasteiger partial charge in [-0.3, -0.25) is 14.5 Å². The van der Waals surface area contributed by atoms with Crippen molar-refractivity contribution < 1.29 is 23.8 Å². The number of carbonyl (C=O) groups is 2. The fourth-order valence-electron chi connectivity index (χ4n) is 3.20. The molecule has 0 radical (unpaired) electrons. The van der Waals surface area contributed by atoms with Crippen molar-refractivity contribution in [3.8, 4) is 5.75 Å². The Balaban J connectivity index is 1.84. The van der Waals surface area contributed by atoms with Crippen LogP contribution in [0.1, 0.15) is 27.2 Å². The Morgan fingerprint density at radius 1 is 1.37 bits per heavy atom. The van der Waals surface area contributed by atoms with Crippen LogP contribution in [0, 0.1) is 6.92 Å². The third-order valence-corrected chi connectivity index (χ3v) is 5.30. The van der Waals surface area contributed by atoms with Crippen LogP contribution in [0.5, 0.6) is 5.75 Å². The van der Waals surface area contributed by atoms with Crippen molar-refractivity contribution in [3.05, 3.63) is 83.0 Å². The number of aliphatic hydroxyl groups excluding tert-OH is 1. The number of amides is 1. The number of hydrogen-bond acceptors (Lipinski definition) is 8. The van der Waals surface area contributed by atoms with Crippen LogP contribution >= 0.6 is 11.3 Å². The van der Waals surface area contributed by atoms with Crippen LogP contribution in [-0.2, 0) is 4.79 Å². The number of nitrogens with zero attached hydrogens (tertiary/aromatic N) is 3. The molecule has 9 heteroatoms. The Morgan fingerprint density at radius 3 is 2.87 bits per heavy atom. The summed E-state index contributed by atoms with van der Waals surface area (Å²) in [5, 5.41) is 19.6. The second kappa shape index (κ2) is 7.96.